The lowest BCUT2D eigenvalue weighted by atomic mass is 10.3. The lowest BCUT2D eigenvalue weighted by Gasteiger charge is -2.32. The van der Waals surface area contributed by atoms with Gasteiger partial charge in [-0.15, -0.1) is 0 Å². The van der Waals surface area contributed by atoms with Crippen molar-refractivity contribution in [1.82, 2.24) is 8.61 Å². The molecule has 1 aromatic carbocycles. The molecule has 21 heavy (non-hydrogen) atoms. The van der Waals surface area contributed by atoms with Gasteiger partial charge < -0.3 is 5.73 Å². The number of hydrogen-bond acceptors (Lipinski definition) is 5. The lowest BCUT2D eigenvalue weighted by molar-refractivity contribution is 0.273. The molecule has 1 saturated heterocycles. The molecule has 0 unspecified atom stereocenters. The molecule has 0 aliphatic carbocycles. The molecular formula is C10H15BrN4O4S2. The minimum absolute atomic E-state index is 0.0359. The highest BCUT2D eigenvalue weighted by atomic mass is 79.9. The molecule has 1 aromatic rings. The highest BCUT2D eigenvalue weighted by Crippen LogP contribution is 2.25. The second kappa shape index (κ2) is 5.82. The van der Waals surface area contributed by atoms with Crippen LogP contribution < -0.4 is 10.9 Å². The molecule has 0 saturated carbocycles. The Bertz CT molecular complexity index is 742. The average molecular weight is 399 g/mol. The van der Waals surface area contributed by atoms with E-state index in [0.29, 0.717) is 10.2 Å². The van der Waals surface area contributed by atoms with E-state index in [4.69, 9.17) is 10.9 Å². The number of hydrogen-bond donors (Lipinski definition) is 2. The van der Waals surface area contributed by atoms with Crippen LogP contribution in [0.3, 0.4) is 0 Å². The predicted molar refractivity (Wildman–Crippen MR) is 82.0 cm³/mol. The van der Waals surface area contributed by atoms with E-state index in [1.807, 2.05) is 0 Å². The molecule has 0 atom stereocenters. The van der Waals surface area contributed by atoms with Gasteiger partial charge in [0.15, 0.2) is 0 Å². The number of anilines is 1. The maximum Gasteiger partial charge on any atom is 0.276 e. The van der Waals surface area contributed by atoms with E-state index in [-0.39, 0.29) is 31.1 Å². The van der Waals surface area contributed by atoms with Gasteiger partial charge in [0.2, 0.25) is 10.0 Å². The summed E-state index contributed by atoms with van der Waals surface area (Å²) in [6, 6.07) is 4.34. The largest absolute Gasteiger partial charge is 0.398 e. The van der Waals surface area contributed by atoms with Crippen molar-refractivity contribution in [1.29, 1.82) is 0 Å². The fourth-order valence-electron chi connectivity index (χ4n) is 1.98. The Morgan fingerprint density at radius 3 is 2.00 bits per heavy atom. The van der Waals surface area contributed by atoms with E-state index >= 15 is 0 Å². The number of nitrogens with two attached hydrogens (primary N) is 2. The van der Waals surface area contributed by atoms with Crippen LogP contribution in [0.25, 0.3) is 0 Å². The molecule has 0 aromatic heterocycles. The Labute approximate surface area is 132 Å². The standard InChI is InChI=1S/C10H15BrN4O4S2/c11-9-7-8(1-2-10(9)12)20(16,17)14-3-5-15(6-4-14)21(13,18)19/h1-2,7H,3-6,12H2,(H2,13,18,19). The maximum absolute atomic E-state index is 12.5. The first-order valence-electron chi connectivity index (χ1n) is 5.95. The Hall–Kier alpha value is -0.720. The molecule has 0 amide bonds. The highest BCUT2D eigenvalue weighted by molar-refractivity contribution is 9.10. The summed E-state index contributed by atoms with van der Waals surface area (Å²) in [6.45, 7) is 0.184. The van der Waals surface area contributed by atoms with E-state index in [0.717, 1.165) is 4.31 Å². The highest BCUT2D eigenvalue weighted by Gasteiger charge is 2.31. The third kappa shape index (κ3) is 3.55. The molecule has 1 fully saturated rings. The van der Waals surface area contributed by atoms with Crippen LogP contribution in [0.15, 0.2) is 27.6 Å². The van der Waals surface area contributed by atoms with Gasteiger partial charge in [0.05, 0.1) is 4.90 Å². The monoisotopic (exact) mass is 398 g/mol. The Morgan fingerprint density at radius 1 is 1.00 bits per heavy atom. The van der Waals surface area contributed by atoms with Crippen LogP contribution in [0.2, 0.25) is 0 Å². The van der Waals surface area contributed by atoms with Crippen molar-refractivity contribution in [2.24, 2.45) is 5.14 Å². The number of sulfonamides is 1. The lowest BCUT2D eigenvalue weighted by Crippen LogP contribution is -2.52. The molecule has 0 bridgehead atoms. The fraction of sp³-hybridized carbons (Fsp3) is 0.400. The van der Waals surface area contributed by atoms with Crippen molar-refractivity contribution in [3.05, 3.63) is 22.7 Å². The summed E-state index contributed by atoms with van der Waals surface area (Å²) in [6.07, 6.45) is 0. The molecule has 1 heterocycles. The summed E-state index contributed by atoms with van der Waals surface area (Å²) in [5.74, 6) is 0. The van der Waals surface area contributed by atoms with Crippen LogP contribution in [-0.4, -0.2) is 51.6 Å². The van der Waals surface area contributed by atoms with E-state index in [1.54, 1.807) is 0 Å². The van der Waals surface area contributed by atoms with Crippen molar-refractivity contribution in [2.75, 3.05) is 31.9 Å². The van der Waals surface area contributed by atoms with Gasteiger partial charge in [-0.3, -0.25) is 0 Å². The van der Waals surface area contributed by atoms with Gasteiger partial charge in [0.1, 0.15) is 0 Å². The van der Waals surface area contributed by atoms with Crippen molar-refractivity contribution < 1.29 is 16.8 Å². The SMILES string of the molecule is Nc1ccc(S(=O)(=O)N2CCN(S(N)(=O)=O)CC2)cc1Br. The van der Waals surface area contributed by atoms with E-state index in [1.165, 1.54) is 22.5 Å². The fourth-order valence-corrected chi connectivity index (χ4v) is 4.63. The van der Waals surface area contributed by atoms with Crippen LogP contribution in [0.4, 0.5) is 5.69 Å². The van der Waals surface area contributed by atoms with Gasteiger partial charge in [0.25, 0.3) is 10.2 Å². The molecule has 1 aliphatic rings. The zero-order chi connectivity index (χ0) is 15.8. The molecule has 11 heteroatoms. The van der Waals surface area contributed by atoms with E-state index in [9.17, 15) is 16.8 Å². The first-order valence-corrected chi connectivity index (χ1v) is 9.69. The Kier molecular flexibility index (Phi) is 4.61. The topological polar surface area (TPSA) is 127 Å². The first kappa shape index (κ1) is 16.6. The van der Waals surface area contributed by atoms with Gasteiger partial charge in [-0.05, 0) is 34.1 Å². The number of rotatable bonds is 3. The predicted octanol–water partition coefficient (Wildman–Crippen LogP) is -0.459. The van der Waals surface area contributed by atoms with Gasteiger partial charge in [-0.1, -0.05) is 0 Å². The maximum atomic E-state index is 12.5. The van der Waals surface area contributed by atoms with Crippen LogP contribution in [0.5, 0.6) is 0 Å². The smallest absolute Gasteiger partial charge is 0.276 e. The van der Waals surface area contributed by atoms with Crippen molar-refractivity contribution in [3.8, 4) is 0 Å². The van der Waals surface area contributed by atoms with Crippen LogP contribution in [0.1, 0.15) is 0 Å². The van der Waals surface area contributed by atoms with Crippen LogP contribution >= 0.6 is 15.9 Å². The number of benzene rings is 1. The van der Waals surface area contributed by atoms with Gasteiger partial charge in [0, 0.05) is 36.3 Å². The molecule has 0 spiro atoms. The normalized spacial score (nSPS) is 18.8. The van der Waals surface area contributed by atoms with Crippen molar-refractivity contribution in [2.45, 2.75) is 4.90 Å². The summed E-state index contributed by atoms with van der Waals surface area (Å²) >= 11 is 3.19. The third-order valence-electron chi connectivity index (χ3n) is 3.17. The number of piperazine rings is 1. The third-order valence-corrected chi connectivity index (χ3v) is 6.83. The van der Waals surface area contributed by atoms with Crippen LogP contribution in [0, 0.1) is 0 Å². The molecule has 118 valence electrons. The molecule has 4 N–H and O–H groups in total. The van der Waals surface area contributed by atoms with Gasteiger partial charge in [-0.2, -0.15) is 17.0 Å². The molecular weight excluding hydrogens is 384 g/mol. The molecule has 2 rings (SSSR count). The molecule has 1 aliphatic heterocycles. The zero-order valence-electron chi connectivity index (χ0n) is 10.9. The van der Waals surface area contributed by atoms with Crippen molar-refractivity contribution >= 4 is 41.8 Å². The zero-order valence-corrected chi connectivity index (χ0v) is 14.2. The average Bonchev–Trinajstić information content (AvgIpc) is 2.41. The summed E-state index contributed by atoms with van der Waals surface area (Å²) in [5.41, 5.74) is 6.07. The van der Waals surface area contributed by atoms with E-state index < -0.39 is 20.2 Å². The van der Waals surface area contributed by atoms with Gasteiger partial charge in [-0.25, -0.2) is 13.6 Å². The second-order valence-corrected chi connectivity index (χ2v) is 8.87. The Balaban J connectivity index is 2.20. The minimum atomic E-state index is -3.78. The quantitative estimate of drug-likeness (QED) is 0.665. The van der Waals surface area contributed by atoms with Crippen molar-refractivity contribution in [3.63, 3.8) is 0 Å². The number of nitrogens with zero attached hydrogens (tertiary/aromatic N) is 2. The van der Waals surface area contributed by atoms with Gasteiger partial charge >= 0.3 is 0 Å². The molecule has 8 nitrogen and oxygen atoms in total. The number of nitrogen functional groups attached to an aromatic ring is 1. The first-order chi connectivity index (χ1) is 9.62. The number of halogens is 1. The summed E-state index contributed by atoms with van der Waals surface area (Å²) < 4.78 is 50.1. The molecule has 0 radical (unpaired) electrons. The summed E-state index contributed by atoms with van der Waals surface area (Å²) in [5, 5.41) is 5.02. The van der Waals surface area contributed by atoms with Crippen LogP contribution in [-0.2, 0) is 20.2 Å². The minimum Gasteiger partial charge on any atom is -0.398 e. The second-order valence-electron chi connectivity index (χ2n) is 4.53. The summed E-state index contributed by atoms with van der Waals surface area (Å²) in [4.78, 5) is 0.104. The Morgan fingerprint density at radius 2 is 1.52 bits per heavy atom. The summed E-state index contributed by atoms with van der Waals surface area (Å²) in [7, 11) is -7.47. The van der Waals surface area contributed by atoms with E-state index in [2.05, 4.69) is 15.9 Å².